The third kappa shape index (κ3) is 2.72. The summed E-state index contributed by atoms with van der Waals surface area (Å²) in [7, 11) is 0. The highest BCUT2D eigenvalue weighted by atomic mass is 35.5. The number of halogens is 1. The number of ether oxygens (including phenoxy) is 1. The minimum Gasteiger partial charge on any atom is -0.447 e. The maximum Gasteiger partial charge on any atom is 0.181 e. The van der Waals surface area contributed by atoms with Crippen molar-refractivity contribution in [2.24, 2.45) is 5.73 Å². The SMILES string of the molecule is NCc1ccc(Oc2ccc(Cl)cc2)s1. The predicted octanol–water partition coefficient (Wildman–Crippen LogP) is 3.65. The van der Waals surface area contributed by atoms with Crippen LogP contribution in [-0.2, 0) is 6.54 Å². The molecule has 0 spiro atoms. The lowest BCUT2D eigenvalue weighted by Gasteiger charge is -2.01. The number of benzene rings is 1. The molecule has 0 aliphatic rings. The van der Waals surface area contributed by atoms with Gasteiger partial charge in [0.15, 0.2) is 5.06 Å². The Labute approximate surface area is 97.3 Å². The van der Waals surface area contributed by atoms with Crippen LogP contribution in [0.1, 0.15) is 4.88 Å². The largest absolute Gasteiger partial charge is 0.447 e. The van der Waals surface area contributed by atoms with Crippen LogP contribution in [0.15, 0.2) is 36.4 Å². The fourth-order valence-electron chi connectivity index (χ4n) is 1.14. The van der Waals surface area contributed by atoms with Gasteiger partial charge < -0.3 is 10.5 Å². The monoisotopic (exact) mass is 239 g/mol. The van der Waals surface area contributed by atoms with E-state index in [1.165, 1.54) is 0 Å². The summed E-state index contributed by atoms with van der Waals surface area (Å²) in [4.78, 5) is 1.11. The lowest BCUT2D eigenvalue weighted by molar-refractivity contribution is 0.496. The van der Waals surface area contributed by atoms with E-state index in [9.17, 15) is 0 Å². The van der Waals surface area contributed by atoms with Crippen LogP contribution >= 0.6 is 22.9 Å². The molecule has 0 amide bonds. The first-order chi connectivity index (χ1) is 7.28. The molecule has 0 atom stereocenters. The van der Waals surface area contributed by atoms with Crippen LogP contribution in [0.25, 0.3) is 0 Å². The van der Waals surface area contributed by atoms with Gasteiger partial charge in [-0.05, 0) is 36.4 Å². The van der Waals surface area contributed by atoms with Gasteiger partial charge in [-0.2, -0.15) is 0 Å². The Balaban J connectivity index is 2.11. The van der Waals surface area contributed by atoms with Gasteiger partial charge in [0.1, 0.15) is 5.75 Å². The van der Waals surface area contributed by atoms with E-state index in [1.807, 2.05) is 24.3 Å². The van der Waals surface area contributed by atoms with Crippen LogP contribution in [-0.4, -0.2) is 0 Å². The first kappa shape index (κ1) is 10.5. The summed E-state index contributed by atoms with van der Waals surface area (Å²) in [6.45, 7) is 0.550. The molecule has 15 heavy (non-hydrogen) atoms. The predicted molar refractivity (Wildman–Crippen MR) is 63.7 cm³/mol. The third-order valence-corrected chi connectivity index (χ3v) is 3.11. The first-order valence-electron chi connectivity index (χ1n) is 4.50. The highest BCUT2D eigenvalue weighted by Gasteiger charge is 2.01. The molecule has 0 unspecified atom stereocenters. The molecule has 2 aromatic rings. The van der Waals surface area contributed by atoms with E-state index in [-0.39, 0.29) is 0 Å². The van der Waals surface area contributed by atoms with E-state index < -0.39 is 0 Å². The quantitative estimate of drug-likeness (QED) is 0.887. The zero-order valence-corrected chi connectivity index (χ0v) is 9.52. The van der Waals surface area contributed by atoms with Crippen LogP contribution in [0, 0.1) is 0 Å². The van der Waals surface area contributed by atoms with Crippen molar-refractivity contribution in [2.45, 2.75) is 6.54 Å². The minimum absolute atomic E-state index is 0.550. The molecule has 0 radical (unpaired) electrons. The van der Waals surface area contributed by atoms with Crippen molar-refractivity contribution in [3.05, 3.63) is 46.3 Å². The maximum absolute atomic E-state index is 5.77. The zero-order valence-electron chi connectivity index (χ0n) is 7.94. The molecule has 2 nitrogen and oxygen atoms in total. The molecule has 2 N–H and O–H groups in total. The summed E-state index contributed by atoms with van der Waals surface area (Å²) < 4.78 is 5.62. The van der Waals surface area contributed by atoms with Crippen LogP contribution < -0.4 is 10.5 Å². The zero-order chi connectivity index (χ0) is 10.7. The van der Waals surface area contributed by atoms with E-state index in [0.29, 0.717) is 11.6 Å². The molecule has 1 heterocycles. The average Bonchev–Trinajstić information content (AvgIpc) is 2.69. The van der Waals surface area contributed by atoms with Gasteiger partial charge in [-0.1, -0.05) is 11.6 Å². The van der Waals surface area contributed by atoms with Crippen LogP contribution in [0.3, 0.4) is 0 Å². The van der Waals surface area contributed by atoms with Crippen LogP contribution in [0.4, 0.5) is 0 Å². The van der Waals surface area contributed by atoms with E-state index >= 15 is 0 Å². The summed E-state index contributed by atoms with van der Waals surface area (Å²) in [5, 5.41) is 1.55. The second-order valence-corrected chi connectivity index (χ2v) is 4.55. The first-order valence-corrected chi connectivity index (χ1v) is 5.69. The molecule has 2 rings (SSSR count). The molecule has 0 saturated carbocycles. The Hall–Kier alpha value is -1.03. The molecule has 4 heteroatoms. The van der Waals surface area contributed by atoms with Crippen molar-refractivity contribution < 1.29 is 4.74 Å². The van der Waals surface area contributed by atoms with Crippen LogP contribution in [0.5, 0.6) is 10.8 Å². The molecule has 0 saturated heterocycles. The standard InChI is InChI=1S/C11H10ClNOS/c12-8-1-3-9(4-2-8)14-11-6-5-10(7-13)15-11/h1-6H,7,13H2. The third-order valence-electron chi connectivity index (χ3n) is 1.87. The van der Waals surface area contributed by atoms with Crippen molar-refractivity contribution in [2.75, 3.05) is 0 Å². The topological polar surface area (TPSA) is 35.2 Å². The Morgan fingerprint density at radius 2 is 1.87 bits per heavy atom. The van der Waals surface area contributed by atoms with Crippen LogP contribution in [0.2, 0.25) is 5.02 Å². The molecule has 1 aromatic carbocycles. The van der Waals surface area contributed by atoms with Gasteiger partial charge in [-0.25, -0.2) is 0 Å². The number of thiophene rings is 1. The molecular formula is C11H10ClNOS. The second-order valence-electron chi connectivity index (χ2n) is 2.98. The summed E-state index contributed by atoms with van der Waals surface area (Å²) in [5.41, 5.74) is 5.51. The lowest BCUT2D eigenvalue weighted by atomic mass is 10.3. The summed E-state index contributed by atoms with van der Waals surface area (Å²) in [6, 6.07) is 11.2. The Kier molecular flexibility index (Phi) is 3.26. The molecular weight excluding hydrogens is 230 g/mol. The van der Waals surface area contributed by atoms with Gasteiger partial charge in [-0.15, -0.1) is 11.3 Å². The second kappa shape index (κ2) is 4.66. The minimum atomic E-state index is 0.550. The highest BCUT2D eigenvalue weighted by Crippen LogP contribution is 2.29. The fraction of sp³-hybridized carbons (Fsp3) is 0.0909. The van der Waals surface area contributed by atoms with Gasteiger partial charge >= 0.3 is 0 Å². The van der Waals surface area contributed by atoms with Crippen molar-refractivity contribution in [1.29, 1.82) is 0 Å². The number of nitrogens with two attached hydrogens (primary N) is 1. The van der Waals surface area contributed by atoms with Crippen molar-refractivity contribution in [3.63, 3.8) is 0 Å². The van der Waals surface area contributed by atoms with Crippen molar-refractivity contribution in [3.8, 4) is 10.8 Å². The summed E-state index contributed by atoms with van der Waals surface area (Å²) in [5.74, 6) is 0.782. The Bertz CT molecular complexity index is 438. The molecule has 0 bridgehead atoms. The van der Waals surface area contributed by atoms with Crippen molar-refractivity contribution in [1.82, 2.24) is 0 Å². The van der Waals surface area contributed by atoms with Gasteiger partial charge in [0.2, 0.25) is 0 Å². The Morgan fingerprint density at radius 1 is 1.13 bits per heavy atom. The molecule has 0 aliphatic carbocycles. The smallest absolute Gasteiger partial charge is 0.181 e. The summed E-state index contributed by atoms with van der Waals surface area (Å²) in [6.07, 6.45) is 0. The lowest BCUT2D eigenvalue weighted by Crippen LogP contribution is -1.91. The van der Waals surface area contributed by atoms with E-state index in [1.54, 1.807) is 23.5 Å². The average molecular weight is 240 g/mol. The van der Waals surface area contributed by atoms with Gasteiger partial charge in [0, 0.05) is 16.4 Å². The summed E-state index contributed by atoms with van der Waals surface area (Å²) >= 11 is 7.32. The maximum atomic E-state index is 5.77. The molecule has 78 valence electrons. The van der Waals surface area contributed by atoms with Gasteiger partial charge in [0.05, 0.1) is 0 Å². The van der Waals surface area contributed by atoms with E-state index in [4.69, 9.17) is 22.1 Å². The number of hydrogen-bond donors (Lipinski definition) is 1. The molecule has 0 aliphatic heterocycles. The Morgan fingerprint density at radius 3 is 2.47 bits per heavy atom. The van der Waals surface area contributed by atoms with E-state index in [2.05, 4.69) is 0 Å². The fourth-order valence-corrected chi connectivity index (χ4v) is 2.02. The normalized spacial score (nSPS) is 10.3. The van der Waals surface area contributed by atoms with Gasteiger partial charge in [-0.3, -0.25) is 0 Å². The molecule has 0 fully saturated rings. The number of hydrogen-bond acceptors (Lipinski definition) is 3. The van der Waals surface area contributed by atoms with Crippen molar-refractivity contribution >= 4 is 22.9 Å². The van der Waals surface area contributed by atoms with Gasteiger partial charge in [0.25, 0.3) is 0 Å². The number of rotatable bonds is 3. The molecule has 1 aromatic heterocycles. The van der Waals surface area contributed by atoms with E-state index in [0.717, 1.165) is 15.7 Å². The highest BCUT2D eigenvalue weighted by molar-refractivity contribution is 7.13.